The minimum atomic E-state index is -1.38. The molecule has 2 heteroatoms. The molecule has 0 bridgehead atoms. The second-order valence-corrected chi connectivity index (χ2v) is 9.75. The molecule has 0 unspecified atom stereocenters. The van der Waals surface area contributed by atoms with Crippen molar-refractivity contribution in [3.05, 3.63) is 12.3 Å². The van der Waals surface area contributed by atoms with Crippen LogP contribution in [0.4, 0.5) is 0 Å². The molecule has 0 radical (unpaired) electrons. The van der Waals surface area contributed by atoms with Gasteiger partial charge in [0.1, 0.15) is 0 Å². The average molecular weight is 270 g/mol. The predicted molar refractivity (Wildman–Crippen MR) is 87.5 cm³/mol. The minimum absolute atomic E-state index is 1.30. The number of unbranched alkanes of at least 4 members (excludes halogenated alkanes) is 2. The van der Waals surface area contributed by atoms with Crippen molar-refractivity contribution < 1.29 is 0 Å². The van der Waals surface area contributed by atoms with E-state index in [-0.39, 0.29) is 0 Å². The fraction of sp³-hybridized carbons (Fsp3) is 0.875. The monoisotopic (exact) mass is 269 g/mol. The summed E-state index contributed by atoms with van der Waals surface area (Å²) in [6, 6.07) is 2.80. The third-order valence-corrected chi connectivity index (χ3v) is 9.14. The van der Waals surface area contributed by atoms with Crippen molar-refractivity contribution in [1.82, 2.24) is 4.57 Å². The van der Waals surface area contributed by atoms with Crippen molar-refractivity contribution in [2.24, 2.45) is 0 Å². The van der Waals surface area contributed by atoms with E-state index < -0.39 is 8.24 Å². The Morgan fingerprint density at radius 3 is 1.56 bits per heavy atom. The van der Waals surface area contributed by atoms with Crippen LogP contribution in [0.3, 0.4) is 0 Å². The smallest absolute Gasteiger partial charge is 0.152 e. The van der Waals surface area contributed by atoms with Crippen LogP contribution in [0.15, 0.2) is 12.3 Å². The SMILES string of the molecule is C=C[Si](CCC)(CCC)N(CCCC)CCCC. The quantitative estimate of drug-likeness (QED) is 0.430. The lowest BCUT2D eigenvalue weighted by Crippen LogP contribution is -2.52. The summed E-state index contributed by atoms with van der Waals surface area (Å²) in [4.78, 5) is 0. The van der Waals surface area contributed by atoms with Gasteiger partial charge in [-0.25, -0.2) is 0 Å². The molecular formula is C16H35NSi. The van der Waals surface area contributed by atoms with Gasteiger partial charge in [0.25, 0.3) is 0 Å². The maximum atomic E-state index is 4.23. The molecule has 0 spiro atoms. The van der Waals surface area contributed by atoms with E-state index in [2.05, 4.69) is 44.5 Å². The van der Waals surface area contributed by atoms with Crippen molar-refractivity contribution >= 4 is 8.24 Å². The summed E-state index contributed by atoms with van der Waals surface area (Å²) in [6.45, 7) is 16.1. The molecule has 0 aromatic heterocycles. The molecule has 0 rings (SSSR count). The Balaban J connectivity index is 4.83. The highest BCUT2D eigenvalue weighted by molar-refractivity contribution is 6.81. The summed E-state index contributed by atoms with van der Waals surface area (Å²) in [7, 11) is -1.38. The number of hydrogen-bond acceptors (Lipinski definition) is 1. The van der Waals surface area contributed by atoms with E-state index in [0.29, 0.717) is 0 Å². The van der Waals surface area contributed by atoms with Gasteiger partial charge in [-0.1, -0.05) is 59.1 Å². The minimum Gasteiger partial charge on any atom is -0.320 e. The molecule has 0 aliphatic heterocycles. The molecule has 0 saturated heterocycles. The first kappa shape index (κ1) is 17.9. The first-order chi connectivity index (χ1) is 8.70. The molecule has 0 aliphatic carbocycles. The Kier molecular flexibility index (Phi) is 10.8. The fourth-order valence-corrected chi connectivity index (χ4v) is 7.38. The maximum absolute atomic E-state index is 4.23. The first-order valence-electron chi connectivity index (χ1n) is 8.09. The lowest BCUT2D eigenvalue weighted by Gasteiger charge is -2.40. The van der Waals surface area contributed by atoms with E-state index in [0.717, 1.165) is 0 Å². The molecule has 0 aromatic rings. The molecule has 0 amide bonds. The zero-order chi connectivity index (χ0) is 13.9. The molecule has 0 N–H and O–H groups in total. The Morgan fingerprint density at radius 2 is 1.28 bits per heavy atom. The second-order valence-electron chi connectivity index (χ2n) is 5.50. The van der Waals surface area contributed by atoms with Crippen LogP contribution in [-0.2, 0) is 0 Å². The van der Waals surface area contributed by atoms with Gasteiger partial charge in [-0.2, -0.15) is 0 Å². The second kappa shape index (κ2) is 10.8. The van der Waals surface area contributed by atoms with Gasteiger partial charge in [-0.15, -0.1) is 6.58 Å². The summed E-state index contributed by atoms with van der Waals surface area (Å²) in [5, 5.41) is 0. The molecule has 0 aliphatic rings. The van der Waals surface area contributed by atoms with Crippen LogP contribution >= 0.6 is 0 Å². The van der Waals surface area contributed by atoms with Crippen LogP contribution in [0, 0.1) is 0 Å². The fourth-order valence-electron chi connectivity index (χ4n) is 2.90. The molecule has 0 atom stereocenters. The summed E-state index contributed by atoms with van der Waals surface area (Å²) < 4.78 is 2.86. The van der Waals surface area contributed by atoms with Crippen LogP contribution in [-0.4, -0.2) is 25.9 Å². The number of nitrogens with zero attached hydrogens (tertiary/aromatic N) is 1. The van der Waals surface area contributed by atoms with E-state index in [1.165, 1.54) is 63.7 Å². The lowest BCUT2D eigenvalue weighted by atomic mass is 10.3. The Morgan fingerprint density at radius 1 is 0.833 bits per heavy atom. The maximum Gasteiger partial charge on any atom is 0.152 e. The zero-order valence-electron chi connectivity index (χ0n) is 13.3. The van der Waals surface area contributed by atoms with E-state index in [4.69, 9.17) is 0 Å². The van der Waals surface area contributed by atoms with E-state index in [9.17, 15) is 0 Å². The van der Waals surface area contributed by atoms with Gasteiger partial charge < -0.3 is 4.57 Å². The molecule has 0 heterocycles. The van der Waals surface area contributed by atoms with Crippen molar-refractivity contribution in [3.63, 3.8) is 0 Å². The molecule has 0 aromatic carbocycles. The lowest BCUT2D eigenvalue weighted by molar-refractivity contribution is 0.396. The van der Waals surface area contributed by atoms with Crippen LogP contribution < -0.4 is 0 Å². The van der Waals surface area contributed by atoms with E-state index >= 15 is 0 Å². The summed E-state index contributed by atoms with van der Waals surface area (Å²) in [5.41, 5.74) is 2.38. The van der Waals surface area contributed by atoms with Gasteiger partial charge in [0.2, 0.25) is 0 Å². The number of rotatable bonds is 12. The largest absolute Gasteiger partial charge is 0.320 e. The van der Waals surface area contributed by atoms with Crippen LogP contribution in [0.2, 0.25) is 12.1 Å². The van der Waals surface area contributed by atoms with E-state index in [1.54, 1.807) is 0 Å². The highest BCUT2D eigenvalue weighted by Crippen LogP contribution is 2.26. The Hall–Kier alpha value is -0.0831. The summed E-state index contributed by atoms with van der Waals surface area (Å²) >= 11 is 0. The van der Waals surface area contributed by atoms with Crippen molar-refractivity contribution in [3.8, 4) is 0 Å². The molecule has 18 heavy (non-hydrogen) atoms. The molecular weight excluding hydrogens is 234 g/mol. The highest BCUT2D eigenvalue weighted by atomic mass is 28.3. The van der Waals surface area contributed by atoms with Crippen LogP contribution in [0.1, 0.15) is 66.2 Å². The summed E-state index contributed by atoms with van der Waals surface area (Å²) in [6.07, 6.45) is 7.93. The predicted octanol–water partition coefficient (Wildman–Crippen LogP) is 5.38. The molecule has 0 fully saturated rings. The van der Waals surface area contributed by atoms with Crippen molar-refractivity contribution in [2.45, 2.75) is 78.3 Å². The standard InChI is InChI=1S/C16H35NSi/c1-6-11-13-17(14-12-7-2)18(10-5,15-8-3)16-9-4/h10H,5-9,11-16H2,1-4H3. The first-order valence-corrected chi connectivity index (χ1v) is 10.5. The normalized spacial score (nSPS) is 12.1. The van der Waals surface area contributed by atoms with Gasteiger partial charge in [-0.05, 0) is 38.0 Å². The zero-order valence-corrected chi connectivity index (χ0v) is 14.3. The number of hydrogen-bond donors (Lipinski definition) is 0. The molecule has 108 valence electrons. The Bertz CT molecular complexity index is 189. The third-order valence-electron chi connectivity index (χ3n) is 3.94. The van der Waals surface area contributed by atoms with Crippen LogP contribution in [0.25, 0.3) is 0 Å². The van der Waals surface area contributed by atoms with Crippen LogP contribution in [0.5, 0.6) is 0 Å². The van der Waals surface area contributed by atoms with Crippen molar-refractivity contribution in [2.75, 3.05) is 13.1 Å². The third kappa shape index (κ3) is 5.70. The van der Waals surface area contributed by atoms with Gasteiger partial charge >= 0.3 is 0 Å². The van der Waals surface area contributed by atoms with Crippen molar-refractivity contribution in [1.29, 1.82) is 0 Å². The summed E-state index contributed by atoms with van der Waals surface area (Å²) in [5.74, 6) is 0. The molecule has 1 nitrogen and oxygen atoms in total. The van der Waals surface area contributed by atoms with Gasteiger partial charge in [-0.3, -0.25) is 0 Å². The van der Waals surface area contributed by atoms with Gasteiger partial charge in [0.15, 0.2) is 8.24 Å². The van der Waals surface area contributed by atoms with Gasteiger partial charge in [0.05, 0.1) is 0 Å². The molecule has 0 saturated carbocycles. The average Bonchev–Trinajstić information content (AvgIpc) is 2.38. The highest BCUT2D eigenvalue weighted by Gasteiger charge is 2.34. The van der Waals surface area contributed by atoms with E-state index in [1.807, 2.05) is 0 Å². The Labute approximate surface area is 117 Å². The topological polar surface area (TPSA) is 3.24 Å². The van der Waals surface area contributed by atoms with Gasteiger partial charge in [0, 0.05) is 0 Å².